The number of ether oxygens (including phenoxy) is 2. The average molecular weight is 331 g/mol. The second kappa shape index (κ2) is 6.19. The molecule has 0 saturated carbocycles. The number of carbonyl (C=O) groups excluding carboxylic acids is 1. The number of hydrogen-bond acceptors (Lipinski definition) is 5. The smallest absolute Gasteiger partial charge is 0.410 e. The molecule has 0 bridgehead atoms. The summed E-state index contributed by atoms with van der Waals surface area (Å²) >= 11 is 0. The molecule has 1 fully saturated rings. The Morgan fingerprint density at radius 2 is 2.00 bits per heavy atom. The zero-order valence-electron chi connectivity index (χ0n) is 14.1. The first-order chi connectivity index (χ1) is 11.3. The van der Waals surface area contributed by atoms with Crippen LogP contribution in [0.3, 0.4) is 0 Å². The fourth-order valence-electron chi connectivity index (χ4n) is 2.56. The van der Waals surface area contributed by atoms with Crippen molar-refractivity contribution in [1.29, 1.82) is 0 Å². The molecule has 0 aliphatic carbocycles. The van der Waals surface area contributed by atoms with Crippen molar-refractivity contribution in [3.8, 4) is 5.75 Å². The highest BCUT2D eigenvalue weighted by molar-refractivity contribution is 5.82. The summed E-state index contributed by atoms with van der Waals surface area (Å²) in [6.07, 6.45) is -0.301. The molecule has 2 heterocycles. The summed E-state index contributed by atoms with van der Waals surface area (Å²) < 4.78 is 16.3. The number of carbonyl (C=O) groups is 1. The Morgan fingerprint density at radius 1 is 1.29 bits per heavy atom. The fourth-order valence-corrected chi connectivity index (χ4v) is 2.56. The van der Waals surface area contributed by atoms with Crippen LogP contribution in [-0.2, 0) is 4.74 Å². The van der Waals surface area contributed by atoms with Crippen molar-refractivity contribution >= 4 is 17.1 Å². The second-order valence-corrected chi connectivity index (χ2v) is 6.99. The summed E-state index contributed by atoms with van der Waals surface area (Å²) in [7, 11) is 0. The van der Waals surface area contributed by atoms with Crippen LogP contribution in [0.4, 0.5) is 4.79 Å². The monoisotopic (exact) mass is 331 g/mol. The molecular formula is C18H21NO5. The summed E-state index contributed by atoms with van der Waals surface area (Å²) in [6, 6.07) is 8.60. The molecule has 1 aliphatic heterocycles. The molecule has 1 aromatic carbocycles. The molecule has 0 unspecified atom stereocenters. The normalized spacial score (nSPS) is 15.2. The summed E-state index contributed by atoms with van der Waals surface area (Å²) in [6.45, 7) is 7.15. The number of rotatable bonds is 3. The molecule has 6 nitrogen and oxygen atoms in total. The highest BCUT2D eigenvalue weighted by Gasteiger charge is 2.34. The van der Waals surface area contributed by atoms with Gasteiger partial charge in [0.2, 0.25) is 0 Å². The number of hydrogen-bond donors (Lipinski definition) is 0. The van der Waals surface area contributed by atoms with Crippen molar-refractivity contribution in [1.82, 2.24) is 4.90 Å². The summed E-state index contributed by atoms with van der Waals surface area (Å²) in [5.74, 6) is 0.737. The number of amides is 1. The first-order valence-corrected chi connectivity index (χ1v) is 7.95. The van der Waals surface area contributed by atoms with Gasteiger partial charge in [-0.3, -0.25) is 0 Å². The lowest BCUT2D eigenvalue weighted by molar-refractivity contribution is -0.00774. The molecular weight excluding hydrogens is 310 g/mol. The van der Waals surface area contributed by atoms with E-state index in [0.717, 1.165) is 5.39 Å². The van der Waals surface area contributed by atoms with E-state index in [1.165, 1.54) is 6.07 Å². The molecule has 0 N–H and O–H groups in total. The zero-order chi connectivity index (χ0) is 17.3. The van der Waals surface area contributed by atoms with Crippen molar-refractivity contribution < 1.29 is 18.7 Å². The second-order valence-electron chi connectivity index (χ2n) is 6.99. The van der Waals surface area contributed by atoms with Crippen LogP contribution in [0.15, 0.2) is 39.5 Å². The van der Waals surface area contributed by atoms with Gasteiger partial charge in [-0.25, -0.2) is 9.59 Å². The molecule has 2 aromatic rings. The molecule has 128 valence electrons. The minimum atomic E-state index is -0.490. The van der Waals surface area contributed by atoms with Gasteiger partial charge in [-0.05, 0) is 32.9 Å². The topological polar surface area (TPSA) is 69.0 Å². The maximum Gasteiger partial charge on any atom is 0.410 e. The van der Waals surface area contributed by atoms with E-state index in [1.54, 1.807) is 17.0 Å². The maximum atomic E-state index is 11.9. The van der Waals surface area contributed by atoms with Crippen molar-refractivity contribution in [3.63, 3.8) is 0 Å². The average Bonchev–Trinajstić information content (AvgIpc) is 2.43. The van der Waals surface area contributed by atoms with Gasteiger partial charge in [-0.1, -0.05) is 12.1 Å². The van der Waals surface area contributed by atoms with Crippen LogP contribution < -0.4 is 10.4 Å². The van der Waals surface area contributed by atoms with E-state index >= 15 is 0 Å². The van der Waals surface area contributed by atoms with E-state index < -0.39 is 11.2 Å². The molecule has 1 saturated heterocycles. The fraction of sp³-hybridized carbons (Fsp3) is 0.444. The number of nitrogens with zero attached hydrogens (tertiary/aromatic N) is 1. The van der Waals surface area contributed by atoms with Crippen LogP contribution in [0.25, 0.3) is 11.0 Å². The molecule has 24 heavy (non-hydrogen) atoms. The first kappa shape index (κ1) is 16.4. The molecule has 0 radical (unpaired) electrons. The van der Waals surface area contributed by atoms with Crippen LogP contribution in [0, 0.1) is 5.92 Å². The van der Waals surface area contributed by atoms with Gasteiger partial charge in [-0.15, -0.1) is 0 Å². The van der Waals surface area contributed by atoms with E-state index in [1.807, 2.05) is 32.9 Å². The van der Waals surface area contributed by atoms with Gasteiger partial charge in [0.05, 0.1) is 18.1 Å². The third-order valence-electron chi connectivity index (χ3n) is 3.70. The van der Waals surface area contributed by atoms with Crippen molar-refractivity contribution in [2.45, 2.75) is 26.4 Å². The van der Waals surface area contributed by atoms with Crippen molar-refractivity contribution in [3.05, 3.63) is 40.8 Å². The van der Waals surface area contributed by atoms with Gasteiger partial charge in [0.25, 0.3) is 0 Å². The van der Waals surface area contributed by atoms with Gasteiger partial charge in [0.1, 0.15) is 16.9 Å². The predicted molar refractivity (Wildman–Crippen MR) is 89.3 cm³/mol. The number of benzene rings is 1. The molecule has 1 aliphatic rings. The molecule has 6 heteroatoms. The number of likely N-dealkylation sites (tertiary alicyclic amines) is 1. The van der Waals surface area contributed by atoms with Crippen molar-refractivity contribution in [2.24, 2.45) is 5.92 Å². The number of para-hydroxylation sites is 1. The predicted octanol–water partition coefficient (Wildman–Crippen LogP) is 3.04. The Morgan fingerprint density at radius 3 is 2.71 bits per heavy atom. The lowest BCUT2D eigenvalue weighted by Gasteiger charge is -2.39. The third kappa shape index (κ3) is 3.69. The highest BCUT2D eigenvalue weighted by atomic mass is 16.6. The van der Waals surface area contributed by atoms with Gasteiger partial charge in [0.15, 0.2) is 0 Å². The van der Waals surface area contributed by atoms with Crippen molar-refractivity contribution in [2.75, 3.05) is 19.7 Å². The minimum Gasteiger partial charge on any atom is -0.492 e. The van der Waals surface area contributed by atoms with Crippen LogP contribution >= 0.6 is 0 Å². The van der Waals surface area contributed by atoms with Gasteiger partial charge >= 0.3 is 11.7 Å². The first-order valence-electron chi connectivity index (χ1n) is 7.95. The third-order valence-corrected chi connectivity index (χ3v) is 3.70. The van der Waals surface area contributed by atoms with E-state index in [0.29, 0.717) is 31.0 Å². The van der Waals surface area contributed by atoms with E-state index in [9.17, 15) is 9.59 Å². The van der Waals surface area contributed by atoms with Gasteiger partial charge in [-0.2, -0.15) is 0 Å². The lowest BCUT2D eigenvalue weighted by Crippen LogP contribution is -2.53. The summed E-state index contributed by atoms with van der Waals surface area (Å²) in [5.41, 5.74) is -0.424. The van der Waals surface area contributed by atoms with Gasteiger partial charge in [0, 0.05) is 19.0 Å². The molecule has 0 atom stereocenters. The van der Waals surface area contributed by atoms with Crippen LogP contribution in [0.1, 0.15) is 20.8 Å². The van der Waals surface area contributed by atoms with Crippen LogP contribution in [0.2, 0.25) is 0 Å². The standard InChI is InChI=1S/C18H21NO5/c1-18(2,3)24-17(21)19-9-12(10-19)11-22-15-8-16(20)23-14-7-5-4-6-13(14)15/h4-8,12H,9-11H2,1-3H3. The largest absolute Gasteiger partial charge is 0.492 e. The SMILES string of the molecule is CC(C)(C)OC(=O)N1CC(COc2cc(=O)oc3ccccc23)C1. The van der Waals surface area contributed by atoms with Crippen LogP contribution in [-0.4, -0.2) is 36.3 Å². The Hall–Kier alpha value is -2.50. The van der Waals surface area contributed by atoms with E-state index in [2.05, 4.69) is 0 Å². The summed E-state index contributed by atoms with van der Waals surface area (Å²) in [5, 5.41) is 0.764. The van der Waals surface area contributed by atoms with E-state index in [-0.39, 0.29) is 12.0 Å². The Labute approximate surface area is 140 Å². The molecule has 3 rings (SSSR count). The lowest BCUT2D eigenvalue weighted by atomic mass is 10.0. The number of fused-ring (bicyclic) bond motifs is 1. The van der Waals surface area contributed by atoms with E-state index in [4.69, 9.17) is 13.9 Å². The van der Waals surface area contributed by atoms with Crippen LogP contribution in [0.5, 0.6) is 5.75 Å². The maximum absolute atomic E-state index is 11.9. The zero-order valence-corrected chi connectivity index (χ0v) is 14.1. The summed E-state index contributed by atoms with van der Waals surface area (Å²) in [4.78, 5) is 25.1. The Balaban J connectivity index is 1.57. The van der Waals surface area contributed by atoms with Gasteiger partial charge < -0.3 is 18.8 Å². The Bertz CT molecular complexity index is 799. The molecule has 1 amide bonds. The highest BCUT2D eigenvalue weighted by Crippen LogP contribution is 2.25. The Kier molecular flexibility index (Phi) is 4.22. The quantitative estimate of drug-likeness (QED) is 0.809. The minimum absolute atomic E-state index is 0.225. The molecule has 0 spiro atoms. The molecule has 1 aromatic heterocycles.